The molecule has 0 bridgehead atoms. The molecule has 0 heterocycles. The Labute approximate surface area is 92.7 Å². The minimum Gasteiger partial charge on any atom is -0.488 e. The standard InChI is InChI=1S/C11H12FNO3/c12-10-3-1-2-4-11(10)16-8-7-15-6-5-13-9-14/h1-4H,5-8H2. The van der Waals surface area contributed by atoms with Gasteiger partial charge in [-0.05, 0) is 12.1 Å². The lowest BCUT2D eigenvalue weighted by Gasteiger charge is -2.06. The number of benzene rings is 1. The van der Waals surface area contributed by atoms with Crippen LogP contribution in [0.4, 0.5) is 4.39 Å². The van der Waals surface area contributed by atoms with Crippen LogP contribution >= 0.6 is 0 Å². The fraction of sp³-hybridized carbons (Fsp3) is 0.364. The third kappa shape index (κ3) is 4.68. The molecule has 0 spiro atoms. The molecule has 5 heteroatoms. The Balaban J connectivity index is 2.12. The van der Waals surface area contributed by atoms with Crippen molar-refractivity contribution in [2.75, 3.05) is 26.4 Å². The zero-order valence-electron chi connectivity index (χ0n) is 8.69. The van der Waals surface area contributed by atoms with Gasteiger partial charge in [0, 0.05) is 0 Å². The Bertz CT molecular complexity index is 364. The van der Waals surface area contributed by atoms with Crippen molar-refractivity contribution >= 4 is 6.08 Å². The highest BCUT2D eigenvalue weighted by atomic mass is 19.1. The number of para-hydroxylation sites is 1. The Morgan fingerprint density at radius 1 is 1.25 bits per heavy atom. The van der Waals surface area contributed by atoms with Crippen LogP contribution in [0.5, 0.6) is 5.75 Å². The Morgan fingerprint density at radius 2 is 2.06 bits per heavy atom. The van der Waals surface area contributed by atoms with E-state index in [1.165, 1.54) is 12.1 Å². The molecule has 0 aliphatic heterocycles. The fourth-order valence-electron chi connectivity index (χ4n) is 1.03. The van der Waals surface area contributed by atoms with E-state index in [4.69, 9.17) is 9.47 Å². The van der Waals surface area contributed by atoms with Gasteiger partial charge in [0.2, 0.25) is 6.08 Å². The Kier molecular flexibility index (Phi) is 5.84. The third-order valence-corrected chi connectivity index (χ3v) is 1.73. The fourth-order valence-corrected chi connectivity index (χ4v) is 1.03. The lowest BCUT2D eigenvalue weighted by Crippen LogP contribution is -2.09. The Hall–Kier alpha value is -1.71. The van der Waals surface area contributed by atoms with Crippen LogP contribution in [0.2, 0.25) is 0 Å². The van der Waals surface area contributed by atoms with Gasteiger partial charge in [-0.15, -0.1) is 0 Å². The zero-order chi connectivity index (χ0) is 11.6. The summed E-state index contributed by atoms with van der Waals surface area (Å²) in [6, 6.07) is 6.16. The molecule has 86 valence electrons. The maximum Gasteiger partial charge on any atom is 0.235 e. The van der Waals surface area contributed by atoms with E-state index in [2.05, 4.69) is 4.99 Å². The molecule has 0 unspecified atom stereocenters. The average Bonchev–Trinajstić information content (AvgIpc) is 2.30. The molecule has 1 aromatic rings. The summed E-state index contributed by atoms with van der Waals surface area (Å²) in [6.45, 7) is 1.19. The molecular formula is C11H12FNO3. The lowest BCUT2D eigenvalue weighted by atomic mass is 10.3. The normalized spacial score (nSPS) is 9.56. The second-order valence-corrected chi connectivity index (χ2v) is 2.86. The van der Waals surface area contributed by atoms with Crippen molar-refractivity contribution in [3.63, 3.8) is 0 Å². The topological polar surface area (TPSA) is 47.9 Å². The summed E-state index contributed by atoms with van der Waals surface area (Å²) >= 11 is 0. The van der Waals surface area contributed by atoms with Gasteiger partial charge < -0.3 is 9.47 Å². The molecule has 16 heavy (non-hydrogen) atoms. The maximum atomic E-state index is 13.0. The summed E-state index contributed by atoms with van der Waals surface area (Å²) in [7, 11) is 0. The monoisotopic (exact) mass is 225 g/mol. The molecule has 0 saturated carbocycles. The first-order valence-electron chi connectivity index (χ1n) is 4.83. The van der Waals surface area contributed by atoms with Gasteiger partial charge in [0.25, 0.3) is 0 Å². The molecule has 0 radical (unpaired) electrons. The van der Waals surface area contributed by atoms with E-state index < -0.39 is 5.82 Å². The van der Waals surface area contributed by atoms with Crippen LogP contribution in [0.15, 0.2) is 29.3 Å². The van der Waals surface area contributed by atoms with E-state index in [0.717, 1.165) is 0 Å². The molecule has 0 saturated heterocycles. The number of rotatable bonds is 7. The number of carbonyl (C=O) groups excluding carboxylic acids is 1. The summed E-state index contributed by atoms with van der Waals surface area (Å²) in [6.07, 6.45) is 1.41. The van der Waals surface area contributed by atoms with Crippen LogP contribution in [-0.2, 0) is 9.53 Å². The number of isocyanates is 1. The zero-order valence-corrected chi connectivity index (χ0v) is 8.69. The van der Waals surface area contributed by atoms with Crippen molar-refractivity contribution in [2.45, 2.75) is 0 Å². The number of hydrogen-bond donors (Lipinski definition) is 0. The van der Waals surface area contributed by atoms with Crippen molar-refractivity contribution < 1.29 is 18.7 Å². The minimum atomic E-state index is -0.395. The Morgan fingerprint density at radius 3 is 2.81 bits per heavy atom. The predicted octanol–water partition coefficient (Wildman–Crippen LogP) is 1.56. The second-order valence-electron chi connectivity index (χ2n) is 2.86. The highest BCUT2D eigenvalue weighted by Crippen LogP contribution is 2.14. The van der Waals surface area contributed by atoms with Crippen molar-refractivity contribution in [3.05, 3.63) is 30.1 Å². The van der Waals surface area contributed by atoms with Gasteiger partial charge in [-0.1, -0.05) is 12.1 Å². The van der Waals surface area contributed by atoms with Gasteiger partial charge in [-0.2, -0.15) is 0 Å². The molecule has 1 rings (SSSR count). The summed E-state index contributed by atoms with van der Waals surface area (Å²) in [4.78, 5) is 13.0. The molecule has 0 aliphatic carbocycles. The summed E-state index contributed by atoms with van der Waals surface area (Å²) in [5, 5.41) is 0. The quantitative estimate of drug-likeness (QED) is 0.402. The number of aliphatic imine (C=N–C) groups is 1. The number of ether oxygens (including phenoxy) is 2. The molecule has 0 aromatic heterocycles. The van der Waals surface area contributed by atoms with Crippen molar-refractivity contribution in [2.24, 2.45) is 4.99 Å². The van der Waals surface area contributed by atoms with Crippen molar-refractivity contribution in [1.29, 1.82) is 0 Å². The smallest absolute Gasteiger partial charge is 0.235 e. The number of nitrogens with zero attached hydrogens (tertiary/aromatic N) is 1. The summed E-state index contributed by atoms with van der Waals surface area (Å²) in [5.74, 6) is -0.190. The number of halogens is 1. The van der Waals surface area contributed by atoms with Gasteiger partial charge >= 0.3 is 0 Å². The van der Waals surface area contributed by atoms with Crippen LogP contribution in [-0.4, -0.2) is 32.4 Å². The van der Waals surface area contributed by atoms with Crippen molar-refractivity contribution in [1.82, 2.24) is 0 Å². The maximum absolute atomic E-state index is 13.0. The number of hydrogen-bond acceptors (Lipinski definition) is 4. The molecule has 0 N–H and O–H groups in total. The first-order valence-corrected chi connectivity index (χ1v) is 4.83. The lowest BCUT2D eigenvalue weighted by molar-refractivity contribution is 0.104. The van der Waals surface area contributed by atoms with E-state index >= 15 is 0 Å². The molecule has 4 nitrogen and oxygen atoms in total. The van der Waals surface area contributed by atoms with Crippen LogP contribution in [0.3, 0.4) is 0 Å². The van der Waals surface area contributed by atoms with Crippen molar-refractivity contribution in [3.8, 4) is 5.75 Å². The van der Waals surface area contributed by atoms with E-state index in [0.29, 0.717) is 13.2 Å². The largest absolute Gasteiger partial charge is 0.488 e. The van der Waals surface area contributed by atoms with E-state index in [-0.39, 0.29) is 18.9 Å². The molecular weight excluding hydrogens is 213 g/mol. The van der Waals surface area contributed by atoms with Gasteiger partial charge in [0.1, 0.15) is 6.61 Å². The molecule has 0 atom stereocenters. The highest BCUT2D eigenvalue weighted by molar-refractivity contribution is 5.32. The van der Waals surface area contributed by atoms with Crippen LogP contribution in [0.25, 0.3) is 0 Å². The van der Waals surface area contributed by atoms with Crippen LogP contribution in [0.1, 0.15) is 0 Å². The first-order chi connectivity index (χ1) is 7.84. The third-order valence-electron chi connectivity index (χ3n) is 1.73. The van der Waals surface area contributed by atoms with Gasteiger partial charge in [-0.25, -0.2) is 14.2 Å². The summed E-state index contributed by atoms with van der Waals surface area (Å²) in [5.41, 5.74) is 0. The average molecular weight is 225 g/mol. The van der Waals surface area contributed by atoms with E-state index in [1.807, 2.05) is 0 Å². The minimum absolute atomic E-state index is 0.206. The van der Waals surface area contributed by atoms with Crippen LogP contribution < -0.4 is 4.74 Å². The second kappa shape index (κ2) is 7.56. The molecule has 0 aliphatic rings. The summed E-state index contributed by atoms with van der Waals surface area (Å²) < 4.78 is 23.3. The molecule has 0 amide bonds. The molecule has 1 aromatic carbocycles. The molecule has 0 fully saturated rings. The van der Waals surface area contributed by atoms with E-state index in [9.17, 15) is 9.18 Å². The SMILES string of the molecule is O=C=NCCOCCOc1ccccc1F. The van der Waals surface area contributed by atoms with Crippen LogP contribution in [0, 0.1) is 5.82 Å². The van der Waals surface area contributed by atoms with E-state index in [1.54, 1.807) is 18.2 Å². The van der Waals surface area contributed by atoms with Gasteiger partial charge in [-0.3, -0.25) is 0 Å². The first kappa shape index (κ1) is 12.4. The van der Waals surface area contributed by atoms with Gasteiger partial charge in [0.15, 0.2) is 11.6 Å². The predicted molar refractivity (Wildman–Crippen MR) is 55.7 cm³/mol. The van der Waals surface area contributed by atoms with Gasteiger partial charge in [0.05, 0.1) is 19.8 Å². The highest BCUT2D eigenvalue weighted by Gasteiger charge is 2.00.